The van der Waals surface area contributed by atoms with E-state index >= 15 is 0 Å². The van der Waals surface area contributed by atoms with Crippen molar-refractivity contribution < 1.29 is 5.11 Å². The molecule has 0 aromatic carbocycles. The van der Waals surface area contributed by atoms with Gasteiger partial charge < -0.3 is 5.11 Å². The predicted octanol–water partition coefficient (Wildman–Crippen LogP) is 4.24. The Balaban J connectivity index is 2.81. The summed E-state index contributed by atoms with van der Waals surface area (Å²) in [7, 11) is 0. The van der Waals surface area contributed by atoms with Crippen LogP contribution in [0.4, 0.5) is 0 Å². The third-order valence-corrected chi connectivity index (χ3v) is 3.74. The van der Waals surface area contributed by atoms with Crippen molar-refractivity contribution in [3.63, 3.8) is 0 Å². The van der Waals surface area contributed by atoms with E-state index in [2.05, 4.69) is 6.92 Å². The van der Waals surface area contributed by atoms with Crippen LogP contribution in [-0.2, 0) is 0 Å². The summed E-state index contributed by atoms with van der Waals surface area (Å²) >= 11 is 1.99. The standard InChI is InChI=1S/C13H28OS/c1-2-3-4-5-6-7-8-9-12-15-13-10-11-14/h14H,2-13H2,1H3. The fourth-order valence-electron chi connectivity index (χ4n) is 1.61. The van der Waals surface area contributed by atoms with Crippen molar-refractivity contribution in [3.8, 4) is 0 Å². The Morgan fingerprint density at radius 3 is 1.87 bits per heavy atom. The number of hydrogen-bond acceptors (Lipinski definition) is 2. The maximum atomic E-state index is 8.60. The lowest BCUT2D eigenvalue weighted by atomic mass is 10.1. The van der Waals surface area contributed by atoms with E-state index in [9.17, 15) is 0 Å². The maximum absolute atomic E-state index is 8.60. The quantitative estimate of drug-likeness (QED) is 0.508. The van der Waals surface area contributed by atoms with Gasteiger partial charge in [-0.15, -0.1) is 0 Å². The second-order valence-corrected chi connectivity index (χ2v) is 5.39. The first-order valence-corrected chi connectivity index (χ1v) is 7.76. The third-order valence-electron chi connectivity index (χ3n) is 2.59. The SMILES string of the molecule is CCCCCCCCCCSCCCO. The first kappa shape index (κ1) is 15.3. The van der Waals surface area contributed by atoms with Crippen LogP contribution >= 0.6 is 11.8 Å². The molecule has 0 fully saturated rings. The van der Waals surface area contributed by atoms with Crippen LogP contribution in [0, 0.1) is 0 Å². The molecule has 0 bridgehead atoms. The van der Waals surface area contributed by atoms with E-state index in [1.807, 2.05) is 11.8 Å². The monoisotopic (exact) mass is 232 g/mol. The van der Waals surface area contributed by atoms with E-state index in [-0.39, 0.29) is 0 Å². The van der Waals surface area contributed by atoms with Gasteiger partial charge in [0.1, 0.15) is 0 Å². The van der Waals surface area contributed by atoms with Gasteiger partial charge in [0, 0.05) is 6.61 Å². The molecular weight excluding hydrogens is 204 g/mol. The molecule has 0 aromatic rings. The minimum Gasteiger partial charge on any atom is -0.396 e. The Bertz CT molecular complexity index is 94.7. The van der Waals surface area contributed by atoms with Gasteiger partial charge >= 0.3 is 0 Å². The molecule has 15 heavy (non-hydrogen) atoms. The van der Waals surface area contributed by atoms with Crippen LogP contribution in [-0.4, -0.2) is 23.2 Å². The van der Waals surface area contributed by atoms with Crippen LogP contribution in [0.1, 0.15) is 64.7 Å². The van der Waals surface area contributed by atoms with Gasteiger partial charge in [0.2, 0.25) is 0 Å². The topological polar surface area (TPSA) is 20.2 Å². The summed E-state index contributed by atoms with van der Waals surface area (Å²) < 4.78 is 0. The van der Waals surface area contributed by atoms with Crippen LogP contribution in [0.5, 0.6) is 0 Å². The van der Waals surface area contributed by atoms with Crippen molar-refractivity contribution in [2.24, 2.45) is 0 Å². The Morgan fingerprint density at radius 2 is 1.27 bits per heavy atom. The highest BCUT2D eigenvalue weighted by molar-refractivity contribution is 7.99. The highest BCUT2D eigenvalue weighted by atomic mass is 32.2. The lowest BCUT2D eigenvalue weighted by molar-refractivity contribution is 0.296. The lowest BCUT2D eigenvalue weighted by Gasteiger charge is -2.01. The molecule has 2 heteroatoms. The smallest absolute Gasteiger partial charge is 0.0438 e. The van der Waals surface area contributed by atoms with Gasteiger partial charge in [-0.1, -0.05) is 51.9 Å². The van der Waals surface area contributed by atoms with Crippen LogP contribution < -0.4 is 0 Å². The zero-order valence-electron chi connectivity index (χ0n) is 10.3. The van der Waals surface area contributed by atoms with Crippen LogP contribution in [0.2, 0.25) is 0 Å². The van der Waals surface area contributed by atoms with E-state index in [1.54, 1.807) is 0 Å². The largest absolute Gasteiger partial charge is 0.396 e. The van der Waals surface area contributed by atoms with E-state index in [0.717, 1.165) is 12.2 Å². The van der Waals surface area contributed by atoms with E-state index in [1.165, 1.54) is 57.1 Å². The average molecular weight is 232 g/mol. The summed E-state index contributed by atoms with van der Waals surface area (Å²) in [5, 5.41) is 8.60. The summed E-state index contributed by atoms with van der Waals surface area (Å²) in [6, 6.07) is 0. The van der Waals surface area contributed by atoms with E-state index < -0.39 is 0 Å². The fourth-order valence-corrected chi connectivity index (χ4v) is 2.55. The number of rotatable bonds is 12. The van der Waals surface area contributed by atoms with Crippen LogP contribution in [0.25, 0.3) is 0 Å². The van der Waals surface area contributed by atoms with Crippen molar-refractivity contribution in [1.82, 2.24) is 0 Å². The fraction of sp³-hybridized carbons (Fsp3) is 1.00. The molecule has 0 spiro atoms. The first-order chi connectivity index (χ1) is 7.41. The molecule has 0 saturated carbocycles. The Labute approximate surface area is 100 Å². The van der Waals surface area contributed by atoms with Crippen molar-refractivity contribution in [3.05, 3.63) is 0 Å². The number of thioether (sulfide) groups is 1. The number of aliphatic hydroxyl groups excluding tert-OH is 1. The minimum atomic E-state index is 0.352. The van der Waals surface area contributed by atoms with E-state index in [0.29, 0.717) is 6.61 Å². The van der Waals surface area contributed by atoms with Gasteiger partial charge in [0.05, 0.1) is 0 Å². The highest BCUT2D eigenvalue weighted by Gasteiger charge is 1.92. The maximum Gasteiger partial charge on any atom is 0.0438 e. The lowest BCUT2D eigenvalue weighted by Crippen LogP contribution is -1.88. The summed E-state index contributed by atoms with van der Waals surface area (Å²) in [5.41, 5.74) is 0. The first-order valence-electron chi connectivity index (χ1n) is 6.60. The normalized spacial score (nSPS) is 10.8. The average Bonchev–Trinajstić information content (AvgIpc) is 2.26. The molecule has 0 aliphatic rings. The van der Waals surface area contributed by atoms with Crippen molar-refractivity contribution in [2.75, 3.05) is 18.1 Å². The van der Waals surface area contributed by atoms with Gasteiger partial charge in [0.15, 0.2) is 0 Å². The Kier molecular flexibility index (Phi) is 14.6. The summed E-state index contributed by atoms with van der Waals surface area (Å²) in [6.07, 6.45) is 12.2. The Hall–Kier alpha value is 0.310. The van der Waals surface area contributed by atoms with Gasteiger partial charge in [0.25, 0.3) is 0 Å². The molecular formula is C13H28OS. The zero-order chi connectivity index (χ0) is 11.2. The minimum absolute atomic E-state index is 0.352. The van der Waals surface area contributed by atoms with Crippen molar-refractivity contribution in [1.29, 1.82) is 0 Å². The number of aliphatic hydroxyl groups is 1. The molecule has 0 aliphatic heterocycles. The molecule has 0 atom stereocenters. The van der Waals surface area contributed by atoms with Crippen LogP contribution in [0.3, 0.4) is 0 Å². The van der Waals surface area contributed by atoms with Gasteiger partial charge in [-0.25, -0.2) is 0 Å². The molecule has 0 aliphatic carbocycles. The number of unbranched alkanes of at least 4 members (excludes halogenated alkanes) is 7. The molecule has 0 unspecified atom stereocenters. The molecule has 1 N–H and O–H groups in total. The number of hydrogen-bond donors (Lipinski definition) is 1. The zero-order valence-corrected chi connectivity index (χ0v) is 11.2. The van der Waals surface area contributed by atoms with E-state index in [4.69, 9.17) is 5.11 Å². The van der Waals surface area contributed by atoms with Crippen LogP contribution in [0.15, 0.2) is 0 Å². The highest BCUT2D eigenvalue weighted by Crippen LogP contribution is 2.11. The summed E-state index contributed by atoms with van der Waals surface area (Å²) in [5.74, 6) is 2.42. The van der Waals surface area contributed by atoms with Gasteiger partial charge in [-0.05, 0) is 24.3 Å². The Morgan fingerprint density at radius 1 is 0.733 bits per heavy atom. The molecule has 0 aromatic heterocycles. The molecule has 0 amide bonds. The summed E-state index contributed by atoms with van der Waals surface area (Å²) in [4.78, 5) is 0. The predicted molar refractivity (Wildman–Crippen MR) is 71.6 cm³/mol. The second kappa shape index (κ2) is 14.3. The summed E-state index contributed by atoms with van der Waals surface area (Å²) in [6.45, 7) is 2.62. The third kappa shape index (κ3) is 14.3. The second-order valence-electron chi connectivity index (χ2n) is 4.16. The van der Waals surface area contributed by atoms with Crippen molar-refractivity contribution in [2.45, 2.75) is 64.7 Å². The van der Waals surface area contributed by atoms with Gasteiger partial charge in [-0.3, -0.25) is 0 Å². The van der Waals surface area contributed by atoms with Crippen molar-refractivity contribution >= 4 is 11.8 Å². The van der Waals surface area contributed by atoms with Gasteiger partial charge in [-0.2, -0.15) is 11.8 Å². The molecule has 0 radical (unpaired) electrons. The molecule has 0 rings (SSSR count). The molecule has 92 valence electrons. The molecule has 0 heterocycles. The molecule has 0 saturated heterocycles. The molecule has 1 nitrogen and oxygen atoms in total.